The first kappa shape index (κ1) is 19.9. The van der Waals surface area contributed by atoms with E-state index in [0.717, 1.165) is 29.5 Å². The highest BCUT2D eigenvalue weighted by molar-refractivity contribution is 7.99. The SMILES string of the molecule is CCCn1c(SCC(=O)c2ccc(OC)cc2OC)nnc1-c1ccncc1. The van der Waals surface area contributed by atoms with Gasteiger partial charge in [-0.1, -0.05) is 18.7 Å². The second-order valence-corrected chi connectivity index (χ2v) is 6.91. The summed E-state index contributed by atoms with van der Waals surface area (Å²) in [5, 5.41) is 9.34. The second kappa shape index (κ2) is 9.36. The summed E-state index contributed by atoms with van der Waals surface area (Å²) in [6.07, 6.45) is 4.39. The van der Waals surface area contributed by atoms with E-state index < -0.39 is 0 Å². The summed E-state index contributed by atoms with van der Waals surface area (Å²) < 4.78 is 12.6. The van der Waals surface area contributed by atoms with Crippen molar-refractivity contribution in [2.24, 2.45) is 0 Å². The van der Waals surface area contributed by atoms with Gasteiger partial charge in [0.2, 0.25) is 0 Å². The first-order valence-corrected chi connectivity index (χ1v) is 9.88. The Morgan fingerprint density at radius 2 is 1.89 bits per heavy atom. The van der Waals surface area contributed by atoms with Gasteiger partial charge in [-0.2, -0.15) is 0 Å². The minimum absolute atomic E-state index is 0.0407. The van der Waals surface area contributed by atoms with Crippen molar-refractivity contribution in [3.63, 3.8) is 0 Å². The van der Waals surface area contributed by atoms with Crippen molar-refractivity contribution in [3.05, 3.63) is 48.3 Å². The van der Waals surface area contributed by atoms with Crippen LogP contribution in [0.2, 0.25) is 0 Å². The summed E-state index contributed by atoms with van der Waals surface area (Å²) in [7, 11) is 3.12. The highest BCUT2D eigenvalue weighted by Crippen LogP contribution is 2.28. The average molecular weight is 398 g/mol. The Hall–Kier alpha value is -2.87. The molecule has 0 aliphatic rings. The third-order valence-corrected chi connectivity index (χ3v) is 5.11. The smallest absolute Gasteiger partial charge is 0.191 e. The van der Waals surface area contributed by atoms with E-state index in [1.807, 2.05) is 16.7 Å². The van der Waals surface area contributed by atoms with Crippen LogP contribution < -0.4 is 9.47 Å². The van der Waals surface area contributed by atoms with Crippen LogP contribution >= 0.6 is 11.8 Å². The minimum Gasteiger partial charge on any atom is -0.497 e. The molecule has 0 N–H and O–H groups in total. The maximum absolute atomic E-state index is 12.7. The average Bonchev–Trinajstić information content (AvgIpc) is 3.15. The van der Waals surface area contributed by atoms with E-state index >= 15 is 0 Å². The Morgan fingerprint density at radius 1 is 1.11 bits per heavy atom. The van der Waals surface area contributed by atoms with Gasteiger partial charge >= 0.3 is 0 Å². The summed E-state index contributed by atoms with van der Waals surface area (Å²) in [6.45, 7) is 2.87. The number of carbonyl (C=O) groups excluding carboxylic acids is 1. The van der Waals surface area contributed by atoms with E-state index in [0.29, 0.717) is 17.1 Å². The van der Waals surface area contributed by atoms with Crippen molar-refractivity contribution in [1.29, 1.82) is 0 Å². The van der Waals surface area contributed by atoms with Crippen LogP contribution in [-0.2, 0) is 6.54 Å². The molecule has 8 heteroatoms. The van der Waals surface area contributed by atoms with Gasteiger partial charge in [0.25, 0.3) is 0 Å². The third kappa shape index (κ3) is 4.33. The Morgan fingerprint density at radius 3 is 2.57 bits per heavy atom. The van der Waals surface area contributed by atoms with Crippen LogP contribution in [0.15, 0.2) is 47.9 Å². The predicted molar refractivity (Wildman–Crippen MR) is 108 cm³/mol. The van der Waals surface area contributed by atoms with Crippen LogP contribution in [0.1, 0.15) is 23.7 Å². The number of ether oxygens (including phenoxy) is 2. The molecule has 0 unspecified atom stereocenters. The molecule has 0 saturated heterocycles. The lowest BCUT2D eigenvalue weighted by Crippen LogP contribution is -2.07. The number of methoxy groups -OCH3 is 2. The fourth-order valence-corrected chi connectivity index (χ4v) is 3.62. The molecule has 146 valence electrons. The van der Waals surface area contributed by atoms with Crippen LogP contribution in [-0.4, -0.2) is 45.5 Å². The van der Waals surface area contributed by atoms with E-state index in [1.54, 1.807) is 37.7 Å². The number of Topliss-reactive ketones (excluding diaryl/α,β-unsaturated/α-hetero) is 1. The number of pyridine rings is 1. The quantitative estimate of drug-likeness (QED) is 0.401. The van der Waals surface area contributed by atoms with Gasteiger partial charge in [0.15, 0.2) is 16.8 Å². The summed E-state index contributed by atoms with van der Waals surface area (Å²) in [5.41, 5.74) is 1.47. The zero-order chi connectivity index (χ0) is 19.9. The van der Waals surface area contributed by atoms with Crippen LogP contribution in [0.5, 0.6) is 11.5 Å². The van der Waals surface area contributed by atoms with Crippen molar-refractivity contribution in [3.8, 4) is 22.9 Å². The van der Waals surface area contributed by atoms with Crippen molar-refractivity contribution >= 4 is 17.5 Å². The molecule has 7 nitrogen and oxygen atoms in total. The zero-order valence-corrected chi connectivity index (χ0v) is 16.9. The number of ketones is 1. The molecule has 2 heterocycles. The van der Waals surface area contributed by atoms with E-state index in [-0.39, 0.29) is 11.5 Å². The topological polar surface area (TPSA) is 79.1 Å². The molecule has 0 saturated carbocycles. The predicted octanol–water partition coefficient (Wildman–Crippen LogP) is 3.74. The maximum Gasteiger partial charge on any atom is 0.191 e. The van der Waals surface area contributed by atoms with Crippen molar-refractivity contribution in [2.75, 3.05) is 20.0 Å². The molecule has 0 atom stereocenters. The number of hydrogen-bond acceptors (Lipinski definition) is 7. The summed E-state index contributed by atoms with van der Waals surface area (Å²) in [5.74, 6) is 2.12. The van der Waals surface area contributed by atoms with E-state index in [2.05, 4.69) is 22.1 Å². The van der Waals surface area contributed by atoms with Gasteiger partial charge < -0.3 is 14.0 Å². The van der Waals surface area contributed by atoms with Gasteiger partial charge in [-0.05, 0) is 30.7 Å². The molecule has 3 aromatic rings. The van der Waals surface area contributed by atoms with Crippen molar-refractivity contribution in [1.82, 2.24) is 19.7 Å². The molecule has 0 bridgehead atoms. The Kier molecular flexibility index (Phi) is 6.65. The number of thioether (sulfide) groups is 1. The Labute approximate surface area is 168 Å². The summed E-state index contributed by atoms with van der Waals surface area (Å²) >= 11 is 1.37. The molecule has 1 aromatic carbocycles. The lowest BCUT2D eigenvalue weighted by molar-refractivity contribution is 0.101. The first-order chi connectivity index (χ1) is 13.7. The first-order valence-electron chi connectivity index (χ1n) is 8.89. The highest BCUT2D eigenvalue weighted by atomic mass is 32.2. The number of carbonyl (C=O) groups is 1. The van der Waals surface area contributed by atoms with E-state index in [1.165, 1.54) is 18.9 Å². The van der Waals surface area contributed by atoms with Gasteiger partial charge in [0, 0.05) is 30.6 Å². The van der Waals surface area contributed by atoms with Crippen molar-refractivity contribution < 1.29 is 14.3 Å². The van der Waals surface area contributed by atoms with Gasteiger partial charge in [-0.15, -0.1) is 10.2 Å². The van der Waals surface area contributed by atoms with Crippen LogP contribution in [0.3, 0.4) is 0 Å². The van der Waals surface area contributed by atoms with Crippen LogP contribution in [0.25, 0.3) is 11.4 Å². The normalized spacial score (nSPS) is 10.7. The minimum atomic E-state index is -0.0407. The summed E-state index contributed by atoms with van der Waals surface area (Å²) in [6, 6.07) is 8.98. The Balaban J connectivity index is 1.79. The highest BCUT2D eigenvalue weighted by Gasteiger charge is 2.18. The molecule has 0 amide bonds. The number of hydrogen-bond donors (Lipinski definition) is 0. The molecule has 0 spiro atoms. The number of benzene rings is 1. The summed E-state index contributed by atoms with van der Waals surface area (Å²) in [4.78, 5) is 16.8. The maximum atomic E-state index is 12.7. The molecule has 3 rings (SSSR count). The molecule has 2 aromatic heterocycles. The number of nitrogens with zero attached hydrogens (tertiary/aromatic N) is 4. The van der Waals surface area contributed by atoms with Gasteiger partial charge in [-0.25, -0.2) is 0 Å². The van der Waals surface area contributed by atoms with E-state index in [9.17, 15) is 4.79 Å². The van der Waals surface area contributed by atoms with Gasteiger partial charge in [-0.3, -0.25) is 9.78 Å². The number of aromatic nitrogens is 4. The third-order valence-electron chi connectivity index (χ3n) is 4.14. The molecule has 0 radical (unpaired) electrons. The number of rotatable bonds is 9. The zero-order valence-electron chi connectivity index (χ0n) is 16.1. The Bertz CT molecular complexity index is 944. The van der Waals surface area contributed by atoms with Crippen LogP contribution in [0.4, 0.5) is 0 Å². The molecule has 0 fully saturated rings. The van der Waals surface area contributed by atoms with Gasteiger partial charge in [0.05, 0.1) is 25.5 Å². The fourth-order valence-electron chi connectivity index (χ4n) is 2.77. The molecular formula is C20H22N4O3S. The van der Waals surface area contributed by atoms with Crippen molar-refractivity contribution in [2.45, 2.75) is 25.0 Å². The largest absolute Gasteiger partial charge is 0.497 e. The molecule has 0 aliphatic heterocycles. The lowest BCUT2D eigenvalue weighted by Gasteiger charge is -2.10. The fraction of sp³-hybridized carbons (Fsp3) is 0.300. The molecular weight excluding hydrogens is 376 g/mol. The van der Waals surface area contributed by atoms with Gasteiger partial charge in [0.1, 0.15) is 11.5 Å². The second-order valence-electron chi connectivity index (χ2n) is 5.97. The molecule has 0 aliphatic carbocycles. The lowest BCUT2D eigenvalue weighted by atomic mass is 10.1. The standard InChI is InChI=1S/C20H22N4O3S/c1-4-11-24-19(14-7-9-21-10-8-14)22-23-20(24)28-13-17(25)16-6-5-15(26-2)12-18(16)27-3/h5-10,12H,4,11,13H2,1-3H3. The monoisotopic (exact) mass is 398 g/mol. The van der Waals surface area contributed by atoms with Crippen LogP contribution in [0, 0.1) is 0 Å². The van der Waals surface area contributed by atoms with E-state index in [4.69, 9.17) is 9.47 Å². The molecule has 28 heavy (non-hydrogen) atoms.